The molecule has 29 heavy (non-hydrogen) atoms. The van der Waals surface area contributed by atoms with Gasteiger partial charge in [0.25, 0.3) is 5.91 Å². The summed E-state index contributed by atoms with van der Waals surface area (Å²) < 4.78 is 45.2. The average Bonchev–Trinajstić information content (AvgIpc) is 2.73. The molecule has 1 aliphatic heterocycles. The molecule has 0 radical (unpaired) electrons. The number of nitrogens with one attached hydrogen (secondary N) is 1. The van der Waals surface area contributed by atoms with E-state index in [0.717, 1.165) is 5.56 Å². The zero-order valence-electron chi connectivity index (χ0n) is 16.5. The quantitative estimate of drug-likeness (QED) is 0.780. The number of morpholine rings is 1. The summed E-state index contributed by atoms with van der Waals surface area (Å²) in [5, 5.41) is 2.95. The third kappa shape index (κ3) is 5.01. The topological polar surface area (TPSA) is 75.7 Å². The number of hydrogen-bond donors (Lipinski definition) is 1. The van der Waals surface area contributed by atoms with Crippen molar-refractivity contribution in [2.45, 2.75) is 24.8 Å². The Kier molecular flexibility index (Phi) is 6.66. The van der Waals surface area contributed by atoms with Gasteiger partial charge in [0.1, 0.15) is 5.82 Å². The van der Waals surface area contributed by atoms with E-state index < -0.39 is 10.0 Å². The number of ether oxygens (including phenoxy) is 1. The largest absolute Gasteiger partial charge is 0.379 e. The molecule has 1 fully saturated rings. The zero-order chi connectivity index (χ0) is 21.0. The molecule has 8 heteroatoms. The van der Waals surface area contributed by atoms with Crippen LogP contribution in [0.4, 0.5) is 4.39 Å². The SMILES string of the molecule is CC(C)[C@@H](NC(=O)c1ccc(S(=O)(=O)N2CCOCC2)cc1)c1ccc(F)cc1. The van der Waals surface area contributed by atoms with Gasteiger partial charge in [-0.05, 0) is 47.9 Å². The molecule has 1 atom stereocenters. The Morgan fingerprint density at radius 1 is 1.03 bits per heavy atom. The first-order valence-corrected chi connectivity index (χ1v) is 11.0. The van der Waals surface area contributed by atoms with Gasteiger partial charge in [0.2, 0.25) is 10.0 Å². The van der Waals surface area contributed by atoms with Crippen molar-refractivity contribution in [2.75, 3.05) is 26.3 Å². The third-order valence-corrected chi connectivity index (χ3v) is 6.82. The predicted octanol–water partition coefficient (Wildman–Crippen LogP) is 2.97. The first kappa shape index (κ1) is 21.4. The number of nitrogens with zero attached hydrogens (tertiary/aromatic N) is 1. The van der Waals surface area contributed by atoms with Gasteiger partial charge in [-0.25, -0.2) is 12.8 Å². The summed E-state index contributed by atoms with van der Waals surface area (Å²) in [6.45, 7) is 5.31. The molecule has 1 amide bonds. The molecule has 0 aromatic heterocycles. The van der Waals surface area contributed by atoms with Crippen LogP contribution < -0.4 is 5.32 Å². The summed E-state index contributed by atoms with van der Waals surface area (Å²) in [6.07, 6.45) is 0. The van der Waals surface area contributed by atoms with E-state index in [-0.39, 0.29) is 28.6 Å². The lowest BCUT2D eigenvalue weighted by atomic mass is 9.95. The molecule has 6 nitrogen and oxygen atoms in total. The second-order valence-electron chi connectivity index (χ2n) is 7.29. The lowest BCUT2D eigenvalue weighted by Gasteiger charge is -2.26. The van der Waals surface area contributed by atoms with Crippen LogP contribution in [0, 0.1) is 11.7 Å². The van der Waals surface area contributed by atoms with Crippen molar-refractivity contribution >= 4 is 15.9 Å². The molecular formula is C21H25FN2O4S. The van der Waals surface area contributed by atoms with Crippen LogP contribution in [0.3, 0.4) is 0 Å². The number of sulfonamides is 1. The summed E-state index contributed by atoms with van der Waals surface area (Å²) in [5.41, 5.74) is 1.17. The number of amides is 1. The summed E-state index contributed by atoms with van der Waals surface area (Å²) >= 11 is 0. The normalized spacial score (nSPS) is 16.6. The van der Waals surface area contributed by atoms with E-state index in [2.05, 4.69) is 5.32 Å². The molecule has 1 N–H and O–H groups in total. The highest BCUT2D eigenvalue weighted by atomic mass is 32.2. The monoisotopic (exact) mass is 420 g/mol. The molecule has 3 rings (SSSR count). The van der Waals surface area contributed by atoms with Gasteiger partial charge in [-0.3, -0.25) is 4.79 Å². The van der Waals surface area contributed by atoms with Crippen molar-refractivity contribution < 1.29 is 22.3 Å². The number of carbonyl (C=O) groups is 1. The number of benzene rings is 2. The third-order valence-electron chi connectivity index (χ3n) is 4.91. The summed E-state index contributed by atoms with van der Waals surface area (Å²) in [5.74, 6) is -0.562. The summed E-state index contributed by atoms with van der Waals surface area (Å²) in [7, 11) is -3.60. The van der Waals surface area contributed by atoms with Gasteiger partial charge in [0.05, 0.1) is 24.2 Å². The molecule has 2 aromatic carbocycles. The van der Waals surface area contributed by atoms with Crippen LogP contribution in [-0.4, -0.2) is 44.9 Å². The Bertz CT molecular complexity index is 938. The second-order valence-corrected chi connectivity index (χ2v) is 9.23. The Morgan fingerprint density at radius 3 is 2.17 bits per heavy atom. The first-order chi connectivity index (χ1) is 13.8. The van der Waals surface area contributed by atoms with E-state index in [1.165, 1.54) is 40.7 Å². The maximum Gasteiger partial charge on any atom is 0.251 e. The van der Waals surface area contributed by atoms with Gasteiger partial charge >= 0.3 is 0 Å². The van der Waals surface area contributed by atoms with Crippen molar-refractivity contribution in [3.63, 3.8) is 0 Å². The van der Waals surface area contributed by atoms with Gasteiger partial charge in [0.15, 0.2) is 0 Å². The van der Waals surface area contributed by atoms with E-state index in [4.69, 9.17) is 4.74 Å². The van der Waals surface area contributed by atoms with Crippen LogP contribution in [-0.2, 0) is 14.8 Å². The zero-order valence-corrected chi connectivity index (χ0v) is 17.3. The number of rotatable bonds is 6. The Balaban J connectivity index is 1.74. The highest BCUT2D eigenvalue weighted by Crippen LogP contribution is 2.23. The van der Waals surface area contributed by atoms with Crippen LogP contribution in [0.25, 0.3) is 0 Å². The van der Waals surface area contributed by atoms with Crippen molar-refractivity contribution in [3.05, 3.63) is 65.5 Å². The lowest BCUT2D eigenvalue weighted by molar-refractivity contribution is 0.0730. The highest BCUT2D eigenvalue weighted by Gasteiger charge is 2.26. The minimum Gasteiger partial charge on any atom is -0.379 e. The second kappa shape index (κ2) is 9.02. The van der Waals surface area contributed by atoms with Gasteiger partial charge in [-0.2, -0.15) is 4.31 Å². The molecule has 0 aliphatic carbocycles. The van der Waals surface area contributed by atoms with Crippen molar-refractivity contribution in [1.82, 2.24) is 9.62 Å². The van der Waals surface area contributed by atoms with Crippen LogP contribution in [0.2, 0.25) is 0 Å². The van der Waals surface area contributed by atoms with Gasteiger partial charge in [-0.1, -0.05) is 26.0 Å². The van der Waals surface area contributed by atoms with Crippen molar-refractivity contribution in [3.8, 4) is 0 Å². The number of hydrogen-bond acceptors (Lipinski definition) is 4. The minimum absolute atomic E-state index is 0.0883. The molecule has 2 aromatic rings. The maximum absolute atomic E-state index is 13.2. The average molecular weight is 421 g/mol. The fourth-order valence-corrected chi connectivity index (χ4v) is 4.65. The Morgan fingerprint density at radius 2 is 1.62 bits per heavy atom. The van der Waals surface area contributed by atoms with E-state index >= 15 is 0 Å². The van der Waals surface area contributed by atoms with Crippen molar-refractivity contribution in [2.24, 2.45) is 5.92 Å². The predicted molar refractivity (Wildman–Crippen MR) is 107 cm³/mol. The van der Waals surface area contributed by atoms with Gasteiger partial charge in [-0.15, -0.1) is 0 Å². The fourth-order valence-electron chi connectivity index (χ4n) is 3.24. The molecule has 1 saturated heterocycles. The maximum atomic E-state index is 13.2. The van der Waals surface area contributed by atoms with Crippen LogP contribution in [0.15, 0.2) is 53.4 Å². The van der Waals surface area contributed by atoms with Gasteiger partial charge < -0.3 is 10.1 Å². The fraction of sp³-hybridized carbons (Fsp3) is 0.381. The Labute approximate surface area is 170 Å². The van der Waals surface area contributed by atoms with E-state index in [1.807, 2.05) is 13.8 Å². The minimum atomic E-state index is -3.60. The molecule has 1 heterocycles. The Hall–Kier alpha value is -2.29. The smallest absolute Gasteiger partial charge is 0.251 e. The number of halogens is 1. The molecule has 0 bridgehead atoms. The molecule has 1 aliphatic rings. The van der Waals surface area contributed by atoms with E-state index in [9.17, 15) is 17.6 Å². The lowest BCUT2D eigenvalue weighted by Crippen LogP contribution is -2.40. The van der Waals surface area contributed by atoms with Crippen LogP contribution in [0.1, 0.15) is 35.8 Å². The van der Waals surface area contributed by atoms with Crippen LogP contribution in [0.5, 0.6) is 0 Å². The van der Waals surface area contributed by atoms with E-state index in [1.54, 1.807) is 12.1 Å². The van der Waals surface area contributed by atoms with Gasteiger partial charge in [0, 0.05) is 18.7 Å². The first-order valence-electron chi connectivity index (χ1n) is 9.53. The van der Waals surface area contributed by atoms with E-state index in [0.29, 0.717) is 31.9 Å². The molecule has 156 valence electrons. The van der Waals surface area contributed by atoms with Crippen molar-refractivity contribution in [1.29, 1.82) is 0 Å². The molecule has 0 unspecified atom stereocenters. The molecule has 0 saturated carbocycles. The molecular weight excluding hydrogens is 395 g/mol. The van der Waals surface area contributed by atoms with Crippen LogP contribution >= 0.6 is 0 Å². The summed E-state index contributed by atoms with van der Waals surface area (Å²) in [6, 6.07) is 11.6. The summed E-state index contributed by atoms with van der Waals surface area (Å²) in [4.78, 5) is 12.8. The highest BCUT2D eigenvalue weighted by molar-refractivity contribution is 7.89. The molecule has 0 spiro atoms. The number of carbonyl (C=O) groups excluding carboxylic acids is 1. The standard InChI is InChI=1S/C21H25FN2O4S/c1-15(2)20(16-3-7-18(22)8-4-16)23-21(25)17-5-9-19(10-6-17)29(26,27)24-11-13-28-14-12-24/h3-10,15,20H,11-14H2,1-2H3,(H,23,25)/t20-/m1/s1.